The van der Waals surface area contributed by atoms with Gasteiger partial charge in [0.15, 0.2) is 11.5 Å². The number of aromatic nitrogens is 5. The molecule has 0 aliphatic rings. The van der Waals surface area contributed by atoms with Crippen molar-refractivity contribution in [3.8, 4) is 11.3 Å². The first-order valence-corrected chi connectivity index (χ1v) is 7.14. The maximum atomic E-state index is 5.71. The Balaban J connectivity index is 1.77. The lowest BCUT2D eigenvalue weighted by Crippen LogP contribution is -1.98. The maximum absolute atomic E-state index is 5.71. The SMILES string of the molecule is Cn1cc(-c2cnc3c(Nc4ccc(N)cc4)nccn23)cn1. The molecule has 7 nitrogen and oxygen atoms in total. The number of hydrogen-bond acceptors (Lipinski definition) is 5. The van der Waals surface area contributed by atoms with Crippen LogP contribution in [0.1, 0.15) is 0 Å². The Morgan fingerprint density at radius 3 is 2.65 bits per heavy atom. The van der Waals surface area contributed by atoms with Gasteiger partial charge in [0, 0.05) is 42.6 Å². The van der Waals surface area contributed by atoms with Gasteiger partial charge in [-0.25, -0.2) is 9.97 Å². The molecule has 1 aromatic carbocycles. The van der Waals surface area contributed by atoms with Gasteiger partial charge >= 0.3 is 0 Å². The summed E-state index contributed by atoms with van der Waals surface area (Å²) < 4.78 is 3.76. The van der Waals surface area contributed by atoms with Gasteiger partial charge in [0.2, 0.25) is 0 Å². The summed E-state index contributed by atoms with van der Waals surface area (Å²) in [5, 5.41) is 7.48. The molecule has 3 aromatic heterocycles. The summed E-state index contributed by atoms with van der Waals surface area (Å²) >= 11 is 0. The Kier molecular flexibility index (Phi) is 2.97. The molecule has 23 heavy (non-hydrogen) atoms. The van der Waals surface area contributed by atoms with Gasteiger partial charge in [-0.2, -0.15) is 5.10 Å². The van der Waals surface area contributed by atoms with Gasteiger partial charge < -0.3 is 11.1 Å². The molecular weight excluding hydrogens is 290 g/mol. The zero-order chi connectivity index (χ0) is 15.8. The number of nitrogens with zero attached hydrogens (tertiary/aromatic N) is 5. The zero-order valence-electron chi connectivity index (χ0n) is 12.5. The summed E-state index contributed by atoms with van der Waals surface area (Å²) in [7, 11) is 1.89. The fourth-order valence-corrected chi connectivity index (χ4v) is 2.48. The van der Waals surface area contributed by atoms with E-state index >= 15 is 0 Å². The Bertz CT molecular complexity index is 966. The molecule has 0 aliphatic heterocycles. The van der Waals surface area contributed by atoms with E-state index in [0.29, 0.717) is 5.82 Å². The van der Waals surface area contributed by atoms with Gasteiger partial charge in [-0.15, -0.1) is 0 Å². The summed E-state index contributed by atoms with van der Waals surface area (Å²) in [5.74, 6) is 0.687. The summed E-state index contributed by atoms with van der Waals surface area (Å²) in [6, 6.07) is 7.50. The first kappa shape index (κ1) is 13.3. The van der Waals surface area contributed by atoms with Gasteiger partial charge in [-0.05, 0) is 24.3 Å². The van der Waals surface area contributed by atoms with E-state index in [2.05, 4.69) is 20.4 Å². The first-order chi connectivity index (χ1) is 11.2. The van der Waals surface area contributed by atoms with Gasteiger partial charge in [0.05, 0.1) is 18.1 Å². The molecule has 0 unspecified atom stereocenters. The Morgan fingerprint density at radius 1 is 1.09 bits per heavy atom. The summed E-state index contributed by atoms with van der Waals surface area (Å²) in [6.07, 6.45) is 9.23. The second-order valence-corrected chi connectivity index (χ2v) is 5.26. The molecule has 0 fully saturated rings. The molecule has 114 valence electrons. The normalized spacial score (nSPS) is 11.0. The quantitative estimate of drug-likeness (QED) is 0.568. The van der Waals surface area contributed by atoms with Crippen LogP contribution in [0.5, 0.6) is 0 Å². The van der Waals surface area contributed by atoms with Crippen molar-refractivity contribution in [3.63, 3.8) is 0 Å². The molecule has 0 amide bonds. The fraction of sp³-hybridized carbons (Fsp3) is 0.0625. The van der Waals surface area contributed by atoms with E-state index in [0.717, 1.165) is 28.3 Å². The number of rotatable bonds is 3. The molecule has 3 N–H and O–H groups in total. The van der Waals surface area contributed by atoms with Crippen LogP contribution in [-0.4, -0.2) is 24.1 Å². The van der Waals surface area contributed by atoms with Crippen LogP contribution >= 0.6 is 0 Å². The Morgan fingerprint density at radius 2 is 1.91 bits per heavy atom. The molecule has 7 heteroatoms. The predicted molar refractivity (Wildman–Crippen MR) is 89.3 cm³/mol. The highest BCUT2D eigenvalue weighted by atomic mass is 15.2. The van der Waals surface area contributed by atoms with Crippen LogP contribution in [0.2, 0.25) is 0 Å². The summed E-state index contributed by atoms with van der Waals surface area (Å²) in [5.41, 5.74) is 10.1. The van der Waals surface area contributed by atoms with Crippen LogP contribution in [0.4, 0.5) is 17.2 Å². The molecular formula is C16H15N7. The molecule has 0 saturated heterocycles. The van der Waals surface area contributed by atoms with E-state index in [4.69, 9.17) is 5.73 Å². The maximum Gasteiger partial charge on any atom is 0.180 e. The first-order valence-electron chi connectivity index (χ1n) is 7.14. The number of benzene rings is 1. The molecule has 0 bridgehead atoms. The number of aryl methyl sites for hydroxylation is 1. The molecule has 0 atom stereocenters. The van der Waals surface area contributed by atoms with Crippen molar-refractivity contribution in [1.82, 2.24) is 24.1 Å². The smallest absolute Gasteiger partial charge is 0.180 e. The molecule has 0 aliphatic carbocycles. The highest BCUT2D eigenvalue weighted by molar-refractivity contribution is 5.74. The molecule has 0 spiro atoms. The fourth-order valence-electron chi connectivity index (χ4n) is 2.48. The standard InChI is InChI=1S/C16H15N7/c1-22-10-11(8-20-22)14-9-19-16-15(18-6-7-23(14)16)21-13-4-2-12(17)3-5-13/h2-10H,17H2,1H3,(H,18,21). The number of fused-ring (bicyclic) bond motifs is 1. The lowest BCUT2D eigenvalue weighted by atomic mass is 10.3. The third kappa shape index (κ3) is 2.38. The van der Waals surface area contributed by atoms with Crippen molar-refractivity contribution in [2.75, 3.05) is 11.1 Å². The van der Waals surface area contributed by atoms with Crippen LogP contribution in [0.3, 0.4) is 0 Å². The van der Waals surface area contributed by atoms with Gasteiger partial charge in [-0.1, -0.05) is 0 Å². The highest BCUT2D eigenvalue weighted by Gasteiger charge is 2.11. The lowest BCUT2D eigenvalue weighted by Gasteiger charge is -2.07. The van der Waals surface area contributed by atoms with E-state index in [9.17, 15) is 0 Å². The van der Waals surface area contributed by atoms with Crippen LogP contribution < -0.4 is 11.1 Å². The van der Waals surface area contributed by atoms with Crippen molar-refractivity contribution in [3.05, 3.63) is 55.2 Å². The van der Waals surface area contributed by atoms with E-state index < -0.39 is 0 Å². The molecule has 4 aromatic rings. The van der Waals surface area contributed by atoms with Crippen molar-refractivity contribution >= 4 is 22.8 Å². The lowest BCUT2D eigenvalue weighted by molar-refractivity contribution is 0.768. The van der Waals surface area contributed by atoms with Gasteiger partial charge in [0.25, 0.3) is 0 Å². The van der Waals surface area contributed by atoms with Crippen molar-refractivity contribution in [2.45, 2.75) is 0 Å². The third-order valence-corrected chi connectivity index (χ3v) is 3.60. The topological polar surface area (TPSA) is 86.1 Å². The van der Waals surface area contributed by atoms with E-state index in [1.807, 2.05) is 60.5 Å². The number of imidazole rings is 1. The second kappa shape index (κ2) is 5.13. The van der Waals surface area contributed by atoms with Crippen LogP contribution in [0, 0.1) is 0 Å². The van der Waals surface area contributed by atoms with Crippen molar-refractivity contribution in [1.29, 1.82) is 0 Å². The van der Waals surface area contributed by atoms with Crippen molar-refractivity contribution in [2.24, 2.45) is 7.05 Å². The predicted octanol–water partition coefficient (Wildman–Crippen LogP) is 2.46. The third-order valence-electron chi connectivity index (χ3n) is 3.60. The average molecular weight is 305 g/mol. The molecule has 4 rings (SSSR count). The number of hydrogen-bond donors (Lipinski definition) is 2. The average Bonchev–Trinajstić information content (AvgIpc) is 3.16. The van der Waals surface area contributed by atoms with E-state index in [-0.39, 0.29) is 0 Å². The Labute approximate surface area is 132 Å². The molecule has 3 heterocycles. The van der Waals surface area contributed by atoms with Crippen molar-refractivity contribution < 1.29 is 0 Å². The zero-order valence-corrected chi connectivity index (χ0v) is 12.5. The monoisotopic (exact) mass is 305 g/mol. The highest BCUT2D eigenvalue weighted by Crippen LogP contribution is 2.24. The van der Waals surface area contributed by atoms with E-state index in [1.165, 1.54) is 0 Å². The molecule has 0 saturated carbocycles. The van der Waals surface area contributed by atoms with Crippen LogP contribution in [-0.2, 0) is 7.05 Å². The van der Waals surface area contributed by atoms with E-state index in [1.54, 1.807) is 10.9 Å². The molecule has 0 radical (unpaired) electrons. The van der Waals surface area contributed by atoms with Crippen LogP contribution in [0.15, 0.2) is 55.2 Å². The second-order valence-electron chi connectivity index (χ2n) is 5.26. The minimum absolute atomic E-state index is 0.687. The number of nitrogens with two attached hydrogens (primary N) is 1. The Hall–Kier alpha value is -3.35. The van der Waals surface area contributed by atoms with Gasteiger partial charge in [-0.3, -0.25) is 9.08 Å². The van der Waals surface area contributed by atoms with Gasteiger partial charge in [0.1, 0.15) is 0 Å². The minimum atomic E-state index is 0.687. The largest absolute Gasteiger partial charge is 0.399 e. The summed E-state index contributed by atoms with van der Waals surface area (Å²) in [4.78, 5) is 8.88. The number of nitrogens with one attached hydrogen (secondary N) is 1. The summed E-state index contributed by atoms with van der Waals surface area (Å²) in [6.45, 7) is 0. The number of anilines is 3. The minimum Gasteiger partial charge on any atom is -0.399 e. The van der Waals surface area contributed by atoms with Crippen LogP contribution in [0.25, 0.3) is 16.9 Å². The number of nitrogen functional groups attached to an aromatic ring is 1.